The van der Waals surface area contributed by atoms with Crippen LogP contribution in [0.5, 0.6) is 0 Å². The molecule has 2 fully saturated rings. The smallest absolute Gasteiger partial charge is 0.409 e. The number of piperidine rings is 2. The highest BCUT2D eigenvalue weighted by Crippen LogP contribution is 2.39. The number of hydrogen-bond acceptors (Lipinski definition) is 5. The first-order valence-corrected chi connectivity index (χ1v) is 9.28. The molecule has 2 aliphatic rings. The SMILES string of the molecule is COCCOC(=O)N1CCC[C@]2(CCC(=O)N(CCc3cnc[nH]3)C2)C1. The van der Waals surface area contributed by atoms with E-state index in [2.05, 4.69) is 9.97 Å². The first-order valence-electron chi connectivity index (χ1n) is 9.28. The second-order valence-electron chi connectivity index (χ2n) is 7.27. The molecule has 2 amide bonds. The fourth-order valence-corrected chi connectivity index (χ4v) is 3.98. The summed E-state index contributed by atoms with van der Waals surface area (Å²) in [6.07, 6.45) is 7.33. The van der Waals surface area contributed by atoms with Crippen LogP contribution in [0.15, 0.2) is 12.5 Å². The number of ether oxygens (including phenoxy) is 2. The van der Waals surface area contributed by atoms with Crippen LogP contribution >= 0.6 is 0 Å². The van der Waals surface area contributed by atoms with Gasteiger partial charge in [0.05, 0.1) is 12.9 Å². The van der Waals surface area contributed by atoms with E-state index in [4.69, 9.17) is 9.47 Å². The molecule has 1 N–H and O–H groups in total. The number of carbonyl (C=O) groups is 2. The lowest BCUT2D eigenvalue weighted by molar-refractivity contribution is -0.139. The van der Waals surface area contributed by atoms with Crippen LogP contribution in [0, 0.1) is 5.41 Å². The van der Waals surface area contributed by atoms with E-state index >= 15 is 0 Å². The van der Waals surface area contributed by atoms with Crippen molar-refractivity contribution in [3.8, 4) is 0 Å². The van der Waals surface area contributed by atoms with Gasteiger partial charge in [-0.25, -0.2) is 9.78 Å². The van der Waals surface area contributed by atoms with Gasteiger partial charge < -0.3 is 24.3 Å². The minimum absolute atomic E-state index is 0.0135. The Hall–Kier alpha value is -2.09. The average molecular weight is 364 g/mol. The maximum absolute atomic E-state index is 12.4. The second kappa shape index (κ2) is 8.53. The zero-order chi connectivity index (χ0) is 18.4. The fraction of sp³-hybridized carbons (Fsp3) is 0.722. The third kappa shape index (κ3) is 4.55. The Morgan fingerprint density at radius 2 is 2.23 bits per heavy atom. The standard InChI is InChI=1S/C18H28N4O4/c1-25-9-10-26-17(24)22-7-2-5-18(13-22)6-3-16(23)21(12-18)8-4-15-11-19-14-20-15/h11,14H,2-10,12-13H2,1H3,(H,19,20)/t18-/m1/s1. The van der Waals surface area contributed by atoms with E-state index in [1.54, 1.807) is 24.5 Å². The zero-order valence-corrected chi connectivity index (χ0v) is 15.4. The molecule has 3 heterocycles. The molecule has 1 spiro atoms. The van der Waals surface area contributed by atoms with E-state index in [0.29, 0.717) is 32.7 Å². The third-order valence-corrected chi connectivity index (χ3v) is 5.39. The molecule has 3 rings (SSSR count). The van der Waals surface area contributed by atoms with Crippen LogP contribution in [0.1, 0.15) is 31.4 Å². The highest BCUT2D eigenvalue weighted by Gasteiger charge is 2.42. The molecule has 0 saturated carbocycles. The average Bonchev–Trinajstić information content (AvgIpc) is 3.16. The summed E-state index contributed by atoms with van der Waals surface area (Å²) < 4.78 is 10.2. The molecule has 1 aromatic rings. The van der Waals surface area contributed by atoms with Crippen molar-refractivity contribution in [2.45, 2.75) is 32.1 Å². The molecule has 1 aromatic heterocycles. The molecular formula is C18H28N4O4. The van der Waals surface area contributed by atoms with Crippen molar-refractivity contribution in [1.29, 1.82) is 0 Å². The van der Waals surface area contributed by atoms with E-state index in [1.807, 2.05) is 4.90 Å². The Morgan fingerprint density at radius 3 is 3.00 bits per heavy atom. The number of imidazole rings is 1. The van der Waals surface area contributed by atoms with Gasteiger partial charge in [0.25, 0.3) is 0 Å². The van der Waals surface area contributed by atoms with Gasteiger partial charge in [-0.3, -0.25) is 4.79 Å². The first kappa shape index (κ1) is 18.7. The van der Waals surface area contributed by atoms with Crippen molar-refractivity contribution >= 4 is 12.0 Å². The van der Waals surface area contributed by atoms with Gasteiger partial charge in [0.2, 0.25) is 5.91 Å². The predicted molar refractivity (Wildman–Crippen MR) is 94.6 cm³/mol. The quantitative estimate of drug-likeness (QED) is 0.772. The molecule has 0 radical (unpaired) electrons. The molecule has 8 heteroatoms. The molecule has 1 atom stereocenters. The molecule has 8 nitrogen and oxygen atoms in total. The maximum atomic E-state index is 12.4. The summed E-state index contributed by atoms with van der Waals surface area (Å²) in [4.78, 5) is 35.5. The Labute approximate surface area is 153 Å². The number of aromatic nitrogens is 2. The number of rotatable bonds is 6. The van der Waals surface area contributed by atoms with Crippen LogP contribution in [-0.4, -0.2) is 78.3 Å². The summed E-state index contributed by atoms with van der Waals surface area (Å²) in [6.45, 7) is 3.44. The van der Waals surface area contributed by atoms with Crippen LogP contribution in [0.2, 0.25) is 0 Å². The van der Waals surface area contributed by atoms with Gasteiger partial charge in [0.15, 0.2) is 0 Å². The normalized spacial score (nSPS) is 23.5. The number of likely N-dealkylation sites (tertiary alicyclic amines) is 2. The van der Waals surface area contributed by atoms with Crippen molar-refractivity contribution in [2.24, 2.45) is 5.41 Å². The Balaban J connectivity index is 1.57. The van der Waals surface area contributed by atoms with Crippen LogP contribution in [0.3, 0.4) is 0 Å². The predicted octanol–water partition coefficient (Wildman–Crippen LogP) is 1.44. The van der Waals surface area contributed by atoms with Gasteiger partial charge >= 0.3 is 6.09 Å². The molecule has 0 unspecified atom stereocenters. The summed E-state index contributed by atoms with van der Waals surface area (Å²) in [5.74, 6) is 0.204. The van der Waals surface area contributed by atoms with Gasteiger partial charge in [-0.2, -0.15) is 0 Å². The van der Waals surface area contributed by atoms with Crippen LogP contribution < -0.4 is 0 Å². The molecule has 2 saturated heterocycles. The highest BCUT2D eigenvalue weighted by atomic mass is 16.6. The van der Waals surface area contributed by atoms with Crippen molar-refractivity contribution < 1.29 is 19.1 Å². The molecule has 0 bridgehead atoms. The van der Waals surface area contributed by atoms with Crippen molar-refractivity contribution in [1.82, 2.24) is 19.8 Å². The minimum Gasteiger partial charge on any atom is -0.447 e. The molecule has 26 heavy (non-hydrogen) atoms. The summed E-state index contributed by atoms with van der Waals surface area (Å²) in [5.41, 5.74) is 1.02. The first-order chi connectivity index (χ1) is 12.6. The molecule has 144 valence electrons. The van der Waals surface area contributed by atoms with Crippen LogP contribution in [0.25, 0.3) is 0 Å². The molecule has 2 aliphatic heterocycles. The number of nitrogens with zero attached hydrogens (tertiary/aromatic N) is 3. The largest absolute Gasteiger partial charge is 0.447 e. The summed E-state index contributed by atoms with van der Waals surface area (Å²) in [5, 5.41) is 0. The number of aromatic amines is 1. The van der Waals surface area contributed by atoms with Gasteiger partial charge in [0, 0.05) is 63.4 Å². The summed E-state index contributed by atoms with van der Waals surface area (Å²) >= 11 is 0. The fourth-order valence-electron chi connectivity index (χ4n) is 3.98. The van der Waals surface area contributed by atoms with Crippen LogP contribution in [-0.2, 0) is 20.7 Å². The lowest BCUT2D eigenvalue weighted by Crippen LogP contribution is -2.55. The van der Waals surface area contributed by atoms with Gasteiger partial charge in [-0.15, -0.1) is 0 Å². The molecular weight excluding hydrogens is 336 g/mol. The number of hydrogen-bond donors (Lipinski definition) is 1. The third-order valence-electron chi connectivity index (χ3n) is 5.39. The minimum atomic E-state index is -0.276. The van der Waals surface area contributed by atoms with Crippen molar-refractivity contribution in [3.63, 3.8) is 0 Å². The summed E-state index contributed by atoms with van der Waals surface area (Å²) in [7, 11) is 1.58. The highest BCUT2D eigenvalue weighted by molar-refractivity contribution is 5.77. The Kier molecular flexibility index (Phi) is 6.13. The van der Waals surface area contributed by atoms with Crippen molar-refractivity contribution in [2.75, 3.05) is 46.5 Å². The Bertz CT molecular complexity index is 606. The van der Waals surface area contributed by atoms with E-state index in [9.17, 15) is 9.59 Å². The summed E-state index contributed by atoms with van der Waals surface area (Å²) in [6, 6.07) is 0. The van der Waals surface area contributed by atoms with Gasteiger partial charge in [0.1, 0.15) is 6.61 Å². The van der Waals surface area contributed by atoms with E-state index in [-0.39, 0.29) is 24.0 Å². The van der Waals surface area contributed by atoms with E-state index < -0.39 is 0 Å². The molecule has 0 aliphatic carbocycles. The van der Waals surface area contributed by atoms with Crippen molar-refractivity contribution in [3.05, 3.63) is 18.2 Å². The number of H-pyrrole nitrogens is 1. The number of nitrogens with one attached hydrogen (secondary N) is 1. The Morgan fingerprint density at radius 1 is 1.35 bits per heavy atom. The van der Waals surface area contributed by atoms with Gasteiger partial charge in [-0.05, 0) is 19.3 Å². The zero-order valence-electron chi connectivity index (χ0n) is 15.4. The topological polar surface area (TPSA) is 87.8 Å². The van der Waals surface area contributed by atoms with Gasteiger partial charge in [-0.1, -0.05) is 0 Å². The second-order valence-corrected chi connectivity index (χ2v) is 7.27. The monoisotopic (exact) mass is 364 g/mol. The van der Waals surface area contributed by atoms with E-state index in [0.717, 1.165) is 37.9 Å². The van der Waals surface area contributed by atoms with Crippen LogP contribution in [0.4, 0.5) is 4.79 Å². The number of amides is 2. The van der Waals surface area contributed by atoms with E-state index in [1.165, 1.54) is 0 Å². The molecule has 0 aromatic carbocycles. The lowest BCUT2D eigenvalue weighted by atomic mass is 9.73. The number of methoxy groups -OCH3 is 1. The maximum Gasteiger partial charge on any atom is 0.409 e. The number of carbonyl (C=O) groups excluding carboxylic acids is 2. The lowest BCUT2D eigenvalue weighted by Gasteiger charge is -2.47.